The van der Waals surface area contributed by atoms with Crippen molar-refractivity contribution >= 4 is 45.9 Å². The van der Waals surface area contributed by atoms with Crippen molar-refractivity contribution in [3.63, 3.8) is 0 Å². The lowest BCUT2D eigenvalue weighted by Gasteiger charge is -2.16. The fourth-order valence-electron chi connectivity index (χ4n) is 4.86. The van der Waals surface area contributed by atoms with Crippen molar-refractivity contribution in [3.8, 4) is 5.75 Å². The highest BCUT2D eigenvalue weighted by atomic mass is 35.5. The second-order valence-corrected chi connectivity index (χ2v) is 10.3. The molecule has 1 aliphatic heterocycles. The Morgan fingerprint density at radius 1 is 0.925 bits per heavy atom. The van der Waals surface area contributed by atoms with Gasteiger partial charge in [-0.15, -0.1) is 0 Å². The predicted octanol–water partition coefficient (Wildman–Crippen LogP) is 7.07. The molecule has 5 aromatic rings. The van der Waals surface area contributed by atoms with Crippen molar-refractivity contribution in [3.05, 3.63) is 113 Å². The Morgan fingerprint density at radius 3 is 2.52 bits per heavy atom. The summed E-state index contributed by atoms with van der Waals surface area (Å²) in [4.78, 5) is 23.2. The quantitative estimate of drug-likeness (QED) is 0.182. The van der Waals surface area contributed by atoms with Gasteiger partial charge in [0.1, 0.15) is 12.4 Å². The lowest BCUT2D eigenvalue weighted by molar-refractivity contribution is 0.0951. The molecule has 0 saturated carbocycles. The number of anilines is 3. The van der Waals surface area contributed by atoms with Gasteiger partial charge in [-0.3, -0.25) is 4.79 Å². The van der Waals surface area contributed by atoms with Crippen molar-refractivity contribution in [1.82, 2.24) is 15.3 Å². The number of H-pyrrole nitrogens is 1. The molecule has 40 heavy (non-hydrogen) atoms. The molecular weight excluding hydrogens is 522 g/mol. The van der Waals surface area contributed by atoms with Gasteiger partial charge in [-0.1, -0.05) is 48.0 Å². The maximum absolute atomic E-state index is 12.8. The van der Waals surface area contributed by atoms with E-state index in [4.69, 9.17) is 21.3 Å². The summed E-state index contributed by atoms with van der Waals surface area (Å²) in [7, 11) is 0. The molecule has 7 nitrogen and oxygen atoms in total. The molecule has 6 rings (SSSR count). The van der Waals surface area contributed by atoms with Gasteiger partial charge in [0, 0.05) is 30.9 Å². The highest BCUT2D eigenvalue weighted by molar-refractivity contribution is 6.33. The van der Waals surface area contributed by atoms with Crippen LogP contribution in [-0.4, -0.2) is 29.0 Å². The van der Waals surface area contributed by atoms with Crippen molar-refractivity contribution in [2.75, 3.05) is 23.3 Å². The van der Waals surface area contributed by atoms with Crippen LogP contribution in [0.4, 0.5) is 17.3 Å². The number of fused-ring (bicyclic) bond motifs is 1. The number of halogens is 1. The van der Waals surface area contributed by atoms with Crippen LogP contribution in [0.25, 0.3) is 11.0 Å². The lowest BCUT2D eigenvalue weighted by atomic mass is 10.1. The molecule has 0 radical (unpaired) electrons. The summed E-state index contributed by atoms with van der Waals surface area (Å²) in [6, 6.07) is 29.1. The molecule has 2 heterocycles. The van der Waals surface area contributed by atoms with E-state index in [1.54, 1.807) is 12.1 Å². The molecule has 1 amide bonds. The zero-order chi connectivity index (χ0) is 27.3. The second-order valence-electron chi connectivity index (χ2n) is 9.90. The standard InChI is InChI=1S/C32H30ClN5O2/c33-27-14-8-23(20-34-31(39)24-9-12-26(13-10-24)40-21-22-6-2-1-3-7-22)18-29(27)36-32-35-28-15-11-25(19-30(28)37-32)38-16-4-5-17-38/h1-3,6-15,18-19H,4-5,16-17,20-21H2,(H,34,39)(H2,35,36,37). The first-order chi connectivity index (χ1) is 19.6. The van der Waals surface area contributed by atoms with E-state index < -0.39 is 0 Å². The van der Waals surface area contributed by atoms with Crippen LogP contribution in [-0.2, 0) is 13.2 Å². The van der Waals surface area contributed by atoms with Gasteiger partial charge in [0.2, 0.25) is 5.95 Å². The van der Waals surface area contributed by atoms with Crippen molar-refractivity contribution in [2.45, 2.75) is 26.0 Å². The van der Waals surface area contributed by atoms with Crippen LogP contribution in [0.3, 0.4) is 0 Å². The molecule has 8 heteroatoms. The van der Waals surface area contributed by atoms with Crippen LogP contribution < -0.4 is 20.3 Å². The number of amides is 1. The number of aromatic amines is 1. The molecule has 202 valence electrons. The van der Waals surface area contributed by atoms with Crippen molar-refractivity contribution in [2.24, 2.45) is 0 Å². The first-order valence-electron chi connectivity index (χ1n) is 13.5. The maximum atomic E-state index is 12.8. The molecule has 1 saturated heterocycles. The Bertz CT molecular complexity index is 1610. The van der Waals surface area contributed by atoms with Crippen LogP contribution in [0, 0.1) is 0 Å². The first-order valence-corrected chi connectivity index (χ1v) is 13.8. The Labute approximate surface area is 238 Å². The summed E-state index contributed by atoms with van der Waals surface area (Å²) >= 11 is 6.48. The monoisotopic (exact) mass is 551 g/mol. The van der Waals surface area contributed by atoms with E-state index >= 15 is 0 Å². The molecule has 0 bridgehead atoms. The van der Waals surface area contributed by atoms with Crippen LogP contribution in [0.5, 0.6) is 5.75 Å². The molecule has 0 unspecified atom stereocenters. The summed E-state index contributed by atoms with van der Waals surface area (Å²) in [5.74, 6) is 1.17. The first kappa shape index (κ1) is 25.8. The summed E-state index contributed by atoms with van der Waals surface area (Å²) in [6.07, 6.45) is 2.47. The Balaban J connectivity index is 1.06. The molecule has 3 N–H and O–H groups in total. The molecular formula is C32H30ClN5O2. The number of hydrogen-bond donors (Lipinski definition) is 3. The maximum Gasteiger partial charge on any atom is 0.251 e. The molecule has 0 atom stereocenters. The van der Waals surface area contributed by atoms with E-state index in [0.29, 0.717) is 41.1 Å². The largest absolute Gasteiger partial charge is 0.489 e. The smallest absolute Gasteiger partial charge is 0.251 e. The van der Waals surface area contributed by atoms with E-state index in [0.717, 1.165) is 35.2 Å². The normalized spacial score (nSPS) is 13.0. The number of imidazole rings is 1. The number of nitrogens with zero attached hydrogens (tertiary/aromatic N) is 2. The van der Waals surface area contributed by atoms with Crippen LogP contribution in [0.2, 0.25) is 5.02 Å². The van der Waals surface area contributed by atoms with Gasteiger partial charge in [-0.25, -0.2) is 4.98 Å². The number of ether oxygens (including phenoxy) is 1. The summed E-state index contributed by atoms with van der Waals surface area (Å²) in [5.41, 5.74) is 6.35. The van der Waals surface area contributed by atoms with Gasteiger partial charge in [0.25, 0.3) is 5.91 Å². The third-order valence-electron chi connectivity index (χ3n) is 7.04. The average molecular weight is 552 g/mol. The third kappa shape index (κ3) is 6.05. The summed E-state index contributed by atoms with van der Waals surface area (Å²) < 4.78 is 5.82. The van der Waals surface area contributed by atoms with E-state index in [2.05, 4.69) is 38.7 Å². The van der Waals surface area contributed by atoms with E-state index in [1.165, 1.54) is 18.5 Å². The van der Waals surface area contributed by atoms with Crippen LogP contribution in [0.15, 0.2) is 91.0 Å². The van der Waals surface area contributed by atoms with Gasteiger partial charge in [-0.05, 0) is 78.6 Å². The van der Waals surface area contributed by atoms with Crippen molar-refractivity contribution < 1.29 is 9.53 Å². The van der Waals surface area contributed by atoms with Crippen LogP contribution in [0.1, 0.15) is 34.3 Å². The number of nitrogens with one attached hydrogen (secondary N) is 3. The van der Waals surface area contributed by atoms with E-state index in [1.807, 2.05) is 60.7 Å². The molecule has 1 aliphatic rings. The van der Waals surface area contributed by atoms with E-state index in [-0.39, 0.29) is 5.91 Å². The Hall–Kier alpha value is -4.49. The van der Waals surface area contributed by atoms with Gasteiger partial charge in [0.05, 0.1) is 21.7 Å². The lowest BCUT2D eigenvalue weighted by Crippen LogP contribution is -2.22. The SMILES string of the molecule is O=C(NCc1ccc(Cl)c(Nc2nc3cc(N4CCCC4)ccc3[nH]2)c1)c1ccc(OCc2ccccc2)cc1. The van der Waals surface area contributed by atoms with Gasteiger partial charge < -0.3 is 25.3 Å². The van der Waals surface area contributed by atoms with Gasteiger partial charge >= 0.3 is 0 Å². The Kier molecular flexibility index (Phi) is 7.55. The van der Waals surface area contributed by atoms with Crippen LogP contribution >= 0.6 is 11.6 Å². The van der Waals surface area contributed by atoms with E-state index in [9.17, 15) is 4.79 Å². The highest BCUT2D eigenvalue weighted by Crippen LogP contribution is 2.29. The number of carbonyl (C=O) groups excluding carboxylic acids is 1. The molecule has 4 aromatic carbocycles. The second kappa shape index (κ2) is 11.7. The molecule has 0 aliphatic carbocycles. The average Bonchev–Trinajstić information content (AvgIpc) is 3.67. The van der Waals surface area contributed by atoms with Crippen molar-refractivity contribution in [1.29, 1.82) is 0 Å². The summed E-state index contributed by atoms with van der Waals surface area (Å²) in [6.45, 7) is 3.02. The topological polar surface area (TPSA) is 82.3 Å². The minimum atomic E-state index is -0.162. The molecule has 1 aromatic heterocycles. The minimum Gasteiger partial charge on any atom is -0.489 e. The fraction of sp³-hybridized carbons (Fsp3) is 0.188. The van der Waals surface area contributed by atoms with Gasteiger partial charge in [-0.2, -0.15) is 0 Å². The number of rotatable bonds is 9. The zero-order valence-corrected chi connectivity index (χ0v) is 22.7. The molecule has 1 fully saturated rings. The Morgan fingerprint density at radius 2 is 1.73 bits per heavy atom. The molecule has 0 spiro atoms. The predicted molar refractivity (Wildman–Crippen MR) is 161 cm³/mol. The fourth-order valence-corrected chi connectivity index (χ4v) is 5.02. The minimum absolute atomic E-state index is 0.162. The summed E-state index contributed by atoms with van der Waals surface area (Å²) in [5, 5.41) is 6.85. The van der Waals surface area contributed by atoms with Gasteiger partial charge in [0.15, 0.2) is 0 Å². The third-order valence-corrected chi connectivity index (χ3v) is 7.37. The number of benzene rings is 4. The number of carbonyl (C=O) groups is 1. The number of aromatic nitrogens is 2. The highest BCUT2D eigenvalue weighted by Gasteiger charge is 2.14. The number of hydrogen-bond acceptors (Lipinski definition) is 5. The zero-order valence-electron chi connectivity index (χ0n) is 22.0.